The van der Waals surface area contributed by atoms with E-state index in [2.05, 4.69) is 83.9 Å². The van der Waals surface area contributed by atoms with Gasteiger partial charge in [0.2, 0.25) is 0 Å². The lowest BCUT2D eigenvalue weighted by Gasteiger charge is -2.21. The number of hydrogen-bond donors (Lipinski definition) is 5. The molecule has 1 aromatic rings. The van der Waals surface area contributed by atoms with Crippen LogP contribution >= 0.6 is 15.6 Å². The first kappa shape index (κ1) is 61.7. The van der Waals surface area contributed by atoms with Crippen LogP contribution < -0.4 is 11.4 Å². The molecule has 2 fully saturated rings. The SMILES string of the molecule is CC/C=C\C/C=C\C/C=C\C/C=C\CCCCCCC(=O)O[C@H](COC(=O)CCCCCCCC1OC1C/C=C\CCCCC)COP(=O)(O)OP(=O)(O)OC[C@H]1O[C@@H](n2ccc(N)nc2=O)[C@H](O)[C@@H]1O. The average molecular weight is 1040 g/mol. The molecule has 4 unspecified atom stereocenters. The zero-order valence-electron chi connectivity index (χ0n) is 41.7. The number of aliphatic hydroxyl groups excluding tert-OH is 2. The van der Waals surface area contributed by atoms with Gasteiger partial charge in [0.1, 0.15) is 30.7 Å². The molecule has 0 spiro atoms. The second kappa shape index (κ2) is 35.6. The van der Waals surface area contributed by atoms with Crippen LogP contribution in [0.15, 0.2) is 77.8 Å². The Bertz CT molecular complexity index is 1990. The van der Waals surface area contributed by atoms with Crippen molar-refractivity contribution in [2.75, 3.05) is 25.6 Å². The largest absolute Gasteiger partial charge is 0.481 e. The van der Waals surface area contributed by atoms with E-state index in [4.69, 9.17) is 33.7 Å². The van der Waals surface area contributed by atoms with E-state index in [9.17, 15) is 43.5 Å². The van der Waals surface area contributed by atoms with E-state index >= 15 is 0 Å². The predicted octanol–water partition coefficient (Wildman–Crippen LogP) is 9.32. The maximum Gasteiger partial charge on any atom is 0.481 e. The molecule has 0 aromatic carbocycles. The molecular formula is C50H81N3O16P2. The number of rotatable bonds is 40. The Morgan fingerprint density at radius 3 is 1.99 bits per heavy atom. The Hall–Kier alpha value is -3.58. The van der Waals surface area contributed by atoms with Crippen LogP contribution in [-0.4, -0.2) is 97.9 Å². The number of carbonyl (C=O) groups excluding carboxylic acids is 2. The molecule has 2 aliphatic rings. The van der Waals surface area contributed by atoms with E-state index < -0.39 is 83.7 Å². The Morgan fingerprint density at radius 2 is 1.31 bits per heavy atom. The van der Waals surface area contributed by atoms with Crippen molar-refractivity contribution in [2.24, 2.45) is 0 Å². The standard InChI is InChI=1S/C50H81N3O16P2/c1-3-5-7-9-11-12-13-14-15-16-17-18-19-20-21-25-30-34-46(55)66-40(37-63-45(54)33-29-26-22-24-28-32-42-41(67-42)31-27-23-10-8-6-4-2)38-64-70(59,60)69-71(61,62)65-39-43-47(56)48(57)49(68-43)53-36-35-44(51)52-50(53)58/h5,7,11-12,14-15,17-18,23,27,35-36,40-43,47-49,56-57H,3-4,6,8-10,13,16,19-22,24-26,28-34,37-39H2,1-2H3,(H,59,60)(H,61,62)(H2,51,52,58)/b7-5-,12-11-,15-14-,18-17-,27-23-/t40-,41?,42?,43-,47-,48-,49-/m1/s1. The van der Waals surface area contributed by atoms with E-state index in [0.717, 1.165) is 107 Å². The molecule has 21 heteroatoms. The van der Waals surface area contributed by atoms with E-state index in [1.165, 1.54) is 25.3 Å². The minimum Gasteiger partial charge on any atom is -0.462 e. The van der Waals surface area contributed by atoms with Crippen LogP contribution in [0.25, 0.3) is 0 Å². The smallest absolute Gasteiger partial charge is 0.462 e. The second-order valence-electron chi connectivity index (χ2n) is 17.7. The topological polar surface area (TPSA) is 278 Å². The highest BCUT2D eigenvalue weighted by Crippen LogP contribution is 2.60. The molecule has 2 saturated heterocycles. The first-order chi connectivity index (χ1) is 34.1. The summed E-state index contributed by atoms with van der Waals surface area (Å²) in [6.45, 7) is 1.96. The van der Waals surface area contributed by atoms with Crippen LogP contribution in [0.3, 0.4) is 0 Å². The third kappa shape index (κ3) is 27.9. The second-order valence-corrected chi connectivity index (χ2v) is 20.7. The molecule has 402 valence electrons. The number of epoxide rings is 1. The van der Waals surface area contributed by atoms with Crippen molar-refractivity contribution in [2.45, 2.75) is 198 Å². The highest BCUT2D eigenvalue weighted by molar-refractivity contribution is 7.61. The Morgan fingerprint density at radius 1 is 0.718 bits per heavy atom. The van der Waals surface area contributed by atoms with Gasteiger partial charge in [0.25, 0.3) is 0 Å². The number of hydrogen-bond acceptors (Lipinski definition) is 16. The monoisotopic (exact) mass is 1040 g/mol. The lowest BCUT2D eigenvalue weighted by atomic mass is 10.1. The molecule has 6 N–H and O–H groups in total. The fourth-order valence-corrected chi connectivity index (χ4v) is 9.60. The number of unbranched alkanes of at least 4 members (excludes halogenated alkanes) is 11. The van der Waals surface area contributed by atoms with Gasteiger partial charge in [0.15, 0.2) is 12.3 Å². The first-order valence-electron chi connectivity index (χ1n) is 25.4. The molecule has 3 heterocycles. The fourth-order valence-electron chi connectivity index (χ4n) is 7.49. The molecule has 9 atom stereocenters. The summed E-state index contributed by atoms with van der Waals surface area (Å²) in [5.74, 6) is -1.35. The molecule has 71 heavy (non-hydrogen) atoms. The molecule has 1 aromatic heterocycles. The van der Waals surface area contributed by atoms with Gasteiger partial charge in [-0.25, -0.2) is 13.9 Å². The number of aliphatic hydroxyl groups is 2. The van der Waals surface area contributed by atoms with Crippen LogP contribution in [0, 0.1) is 0 Å². The molecule has 0 bridgehead atoms. The highest BCUT2D eigenvalue weighted by atomic mass is 31.3. The fraction of sp³-hybridized carbons (Fsp3) is 0.680. The summed E-state index contributed by atoms with van der Waals surface area (Å²) >= 11 is 0. The number of anilines is 1. The van der Waals surface area contributed by atoms with Crippen molar-refractivity contribution in [1.29, 1.82) is 0 Å². The van der Waals surface area contributed by atoms with Crippen molar-refractivity contribution in [3.05, 3.63) is 83.5 Å². The highest BCUT2D eigenvalue weighted by Gasteiger charge is 2.46. The summed E-state index contributed by atoms with van der Waals surface area (Å²) < 4.78 is 62.6. The first-order valence-corrected chi connectivity index (χ1v) is 28.4. The number of nitrogen functional groups attached to an aromatic ring is 1. The van der Waals surface area contributed by atoms with Gasteiger partial charge in [-0.1, -0.05) is 126 Å². The van der Waals surface area contributed by atoms with Crippen LogP contribution in [0.2, 0.25) is 0 Å². The van der Waals surface area contributed by atoms with Gasteiger partial charge >= 0.3 is 33.3 Å². The molecular weight excluding hydrogens is 961 g/mol. The summed E-state index contributed by atoms with van der Waals surface area (Å²) in [5.41, 5.74) is 4.58. The summed E-state index contributed by atoms with van der Waals surface area (Å²) in [6.07, 6.45) is 34.6. The number of ether oxygens (including phenoxy) is 4. The summed E-state index contributed by atoms with van der Waals surface area (Å²) in [4.78, 5) is 62.0. The molecule has 0 radical (unpaired) electrons. The van der Waals surface area contributed by atoms with Gasteiger partial charge in [0, 0.05) is 19.0 Å². The molecule has 3 rings (SSSR count). The van der Waals surface area contributed by atoms with Gasteiger partial charge in [-0.15, -0.1) is 0 Å². The van der Waals surface area contributed by atoms with Crippen molar-refractivity contribution < 1.29 is 71.0 Å². The van der Waals surface area contributed by atoms with Crippen molar-refractivity contribution in [1.82, 2.24) is 9.55 Å². The molecule has 2 aliphatic heterocycles. The van der Waals surface area contributed by atoms with Gasteiger partial charge in [-0.3, -0.25) is 23.2 Å². The summed E-state index contributed by atoms with van der Waals surface area (Å²) in [7, 11) is -10.9. The number of phosphoric acid groups is 2. The predicted molar refractivity (Wildman–Crippen MR) is 270 cm³/mol. The average Bonchev–Trinajstić information content (AvgIpc) is 4.02. The Kier molecular flexibility index (Phi) is 30.9. The van der Waals surface area contributed by atoms with Gasteiger partial charge in [-0.05, 0) is 83.1 Å². The molecule has 19 nitrogen and oxygen atoms in total. The molecule has 0 amide bonds. The minimum absolute atomic E-state index is 0.0131. The van der Waals surface area contributed by atoms with Gasteiger partial charge in [-0.2, -0.15) is 9.29 Å². The van der Waals surface area contributed by atoms with E-state index in [0.29, 0.717) is 25.0 Å². The number of nitrogens with zero attached hydrogens (tertiary/aromatic N) is 2. The Balaban J connectivity index is 1.41. The summed E-state index contributed by atoms with van der Waals surface area (Å²) in [5, 5.41) is 20.9. The third-order valence-corrected chi connectivity index (χ3v) is 14.1. The number of phosphoric ester groups is 2. The third-order valence-electron chi connectivity index (χ3n) is 11.5. The number of aromatic nitrogens is 2. The van der Waals surface area contributed by atoms with E-state index in [1.54, 1.807) is 0 Å². The number of carbonyl (C=O) groups is 2. The number of esters is 2. The van der Waals surface area contributed by atoms with Crippen molar-refractivity contribution >= 4 is 33.4 Å². The van der Waals surface area contributed by atoms with Crippen LogP contribution in [0.5, 0.6) is 0 Å². The van der Waals surface area contributed by atoms with E-state index in [-0.39, 0.29) is 18.7 Å². The zero-order chi connectivity index (χ0) is 51.7. The number of nitrogens with two attached hydrogens (primary N) is 1. The normalized spacial score (nSPS) is 22.5. The molecule has 0 aliphatic carbocycles. The molecule has 0 saturated carbocycles. The van der Waals surface area contributed by atoms with Crippen LogP contribution in [-0.2, 0) is 51.0 Å². The minimum atomic E-state index is -5.44. The van der Waals surface area contributed by atoms with Crippen molar-refractivity contribution in [3.63, 3.8) is 0 Å². The Labute approximate surface area is 419 Å². The van der Waals surface area contributed by atoms with Crippen LogP contribution in [0.4, 0.5) is 5.82 Å². The van der Waals surface area contributed by atoms with Crippen molar-refractivity contribution in [3.8, 4) is 0 Å². The lowest BCUT2D eigenvalue weighted by molar-refractivity contribution is -0.161. The maximum absolute atomic E-state index is 12.9. The zero-order valence-corrected chi connectivity index (χ0v) is 43.5. The number of allylic oxidation sites excluding steroid dienone is 9. The quantitative estimate of drug-likeness (QED) is 0.0135. The van der Waals surface area contributed by atoms with Gasteiger partial charge in [0.05, 0.1) is 25.4 Å². The lowest BCUT2D eigenvalue weighted by Crippen LogP contribution is -2.36. The maximum atomic E-state index is 12.9. The van der Waals surface area contributed by atoms with Crippen LogP contribution in [0.1, 0.15) is 161 Å². The van der Waals surface area contributed by atoms with E-state index in [1.807, 2.05) is 0 Å². The summed E-state index contributed by atoms with van der Waals surface area (Å²) in [6, 6.07) is 1.24. The van der Waals surface area contributed by atoms with Gasteiger partial charge < -0.3 is 44.7 Å².